The largest absolute Gasteiger partial charge is 0.480 e. The fraction of sp³-hybridized carbons (Fsp3) is 0.450. The molecule has 1 fully saturated rings. The molecule has 1 aliphatic heterocycles. The number of carbonyl (C=O) groups is 3. The van der Waals surface area contributed by atoms with Crippen molar-refractivity contribution in [1.29, 1.82) is 0 Å². The van der Waals surface area contributed by atoms with Crippen LogP contribution in [0.2, 0.25) is 5.02 Å². The SMILES string of the molecule is CC(C)C(NC(=O)c1cc2cc(Cl)ccc2n1C)C(=O)N1CCCC1C(=O)O. The van der Waals surface area contributed by atoms with Crippen molar-refractivity contribution in [2.24, 2.45) is 13.0 Å². The van der Waals surface area contributed by atoms with Gasteiger partial charge in [-0.05, 0) is 43.0 Å². The van der Waals surface area contributed by atoms with Crippen LogP contribution in [0.1, 0.15) is 37.2 Å². The molecule has 2 amide bonds. The van der Waals surface area contributed by atoms with Gasteiger partial charge in [-0.3, -0.25) is 9.59 Å². The Bertz CT molecular complexity index is 937. The number of nitrogens with zero attached hydrogens (tertiary/aromatic N) is 2. The molecule has 2 heterocycles. The quantitative estimate of drug-likeness (QED) is 0.799. The molecule has 1 aliphatic rings. The van der Waals surface area contributed by atoms with Crippen LogP contribution in [0.5, 0.6) is 0 Å². The average molecular weight is 406 g/mol. The monoisotopic (exact) mass is 405 g/mol. The van der Waals surface area contributed by atoms with E-state index < -0.39 is 18.1 Å². The van der Waals surface area contributed by atoms with E-state index in [0.717, 1.165) is 10.9 Å². The molecule has 2 aromatic rings. The van der Waals surface area contributed by atoms with Gasteiger partial charge in [0.2, 0.25) is 5.91 Å². The molecule has 8 heteroatoms. The summed E-state index contributed by atoms with van der Waals surface area (Å²) in [5, 5.41) is 13.6. The first kappa shape index (κ1) is 20.2. The van der Waals surface area contributed by atoms with Crippen molar-refractivity contribution in [2.75, 3.05) is 6.54 Å². The maximum Gasteiger partial charge on any atom is 0.326 e. The number of aliphatic carboxylic acids is 1. The molecular weight excluding hydrogens is 382 g/mol. The Balaban J connectivity index is 1.85. The van der Waals surface area contributed by atoms with E-state index in [9.17, 15) is 19.5 Å². The Morgan fingerprint density at radius 1 is 1.25 bits per heavy atom. The maximum absolute atomic E-state index is 13.0. The summed E-state index contributed by atoms with van der Waals surface area (Å²) >= 11 is 6.03. The first-order chi connectivity index (χ1) is 13.2. The highest BCUT2D eigenvalue weighted by Crippen LogP contribution is 2.24. The third-order valence-electron chi connectivity index (χ3n) is 5.28. The number of amides is 2. The summed E-state index contributed by atoms with van der Waals surface area (Å²) in [5.41, 5.74) is 1.26. The van der Waals surface area contributed by atoms with Gasteiger partial charge < -0.3 is 19.9 Å². The first-order valence-corrected chi connectivity index (χ1v) is 9.67. The van der Waals surface area contributed by atoms with Crippen molar-refractivity contribution in [3.05, 3.63) is 35.0 Å². The van der Waals surface area contributed by atoms with Crippen LogP contribution in [0, 0.1) is 5.92 Å². The maximum atomic E-state index is 13.0. The van der Waals surface area contributed by atoms with Crippen molar-refractivity contribution >= 4 is 40.3 Å². The standard InChI is InChI=1S/C20H24ClN3O4/c1-11(2)17(19(26)24-8-4-5-15(24)20(27)28)22-18(25)16-10-12-9-13(21)6-7-14(12)23(16)3/h6-7,9-11,15,17H,4-5,8H2,1-3H3,(H,22,25)(H,27,28). The van der Waals surface area contributed by atoms with Crippen molar-refractivity contribution in [2.45, 2.75) is 38.8 Å². The second-order valence-corrected chi connectivity index (χ2v) is 7.95. The summed E-state index contributed by atoms with van der Waals surface area (Å²) in [6, 6.07) is 5.47. The molecule has 3 rings (SSSR count). The van der Waals surface area contributed by atoms with Crippen molar-refractivity contribution in [3.63, 3.8) is 0 Å². The van der Waals surface area contributed by atoms with Crippen molar-refractivity contribution in [3.8, 4) is 0 Å². The lowest BCUT2D eigenvalue weighted by atomic mass is 10.0. The number of carbonyl (C=O) groups excluding carboxylic acids is 2. The highest BCUT2D eigenvalue weighted by molar-refractivity contribution is 6.31. The van der Waals surface area contributed by atoms with Gasteiger partial charge in [-0.1, -0.05) is 25.4 Å². The molecule has 0 radical (unpaired) electrons. The molecule has 1 aromatic carbocycles. The summed E-state index contributed by atoms with van der Waals surface area (Å²) in [5.74, 6) is -1.93. The number of aromatic nitrogens is 1. The molecule has 2 atom stereocenters. The average Bonchev–Trinajstić information content (AvgIpc) is 3.23. The number of fused-ring (bicyclic) bond motifs is 1. The van der Waals surface area contributed by atoms with Gasteiger partial charge >= 0.3 is 5.97 Å². The fourth-order valence-corrected chi connectivity index (χ4v) is 3.91. The van der Waals surface area contributed by atoms with E-state index in [1.54, 1.807) is 29.8 Å². The molecular formula is C20H24ClN3O4. The molecule has 0 bridgehead atoms. The molecule has 2 N–H and O–H groups in total. The number of halogens is 1. The van der Waals surface area contributed by atoms with E-state index in [-0.39, 0.29) is 17.7 Å². The second-order valence-electron chi connectivity index (χ2n) is 7.51. The minimum atomic E-state index is -1.01. The van der Waals surface area contributed by atoms with E-state index in [4.69, 9.17) is 11.6 Å². The number of aryl methyl sites for hydroxylation is 1. The zero-order valence-electron chi connectivity index (χ0n) is 16.1. The summed E-state index contributed by atoms with van der Waals surface area (Å²) in [4.78, 5) is 38.7. The first-order valence-electron chi connectivity index (χ1n) is 9.30. The van der Waals surface area contributed by atoms with Crippen molar-refractivity contribution in [1.82, 2.24) is 14.8 Å². The number of hydrogen-bond acceptors (Lipinski definition) is 3. The van der Waals surface area contributed by atoms with Gasteiger partial charge in [-0.2, -0.15) is 0 Å². The number of nitrogens with one attached hydrogen (secondary N) is 1. The van der Waals surface area contributed by atoms with Crippen LogP contribution in [0.25, 0.3) is 10.9 Å². The van der Waals surface area contributed by atoms with Crippen LogP contribution in [-0.2, 0) is 16.6 Å². The molecule has 2 unspecified atom stereocenters. The van der Waals surface area contributed by atoms with Crippen molar-refractivity contribution < 1.29 is 19.5 Å². The second kappa shape index (κ2) is 7.83. The lowest BCUT2D eigenvalue weighted by Crippen LogP contribution is -2.53. The van der Waals surface area contributed by atoms with Gasteiger partial charge in [0, 0.05) is 29.5 Å². The zero-order chi connectivity index (χ0) is 20.6. The topological polar surface area (TPSA) is 91.6 Å². The number of carboxylic acids is 1. The van der Waals surface area contributed by atoms with Gasteiger partial charge in [0.1, 0.15) is 17.8 Å². The fourth-order valence-electron chi connectivity index (χ4n) is 3.73. The van der Waals surface area contributed by atoms with E-state index in [0.29, 0.717) is 30.1 Å². The Labute approximate surface area is 168 Å². The van der Waals surface area contributed by atoms with E-state index in [1.165, 1.54) is 4.90 Å². The zero-order valence-corrected chi connectivity index (χ0v) is 16.9. The molecule has 0 spiro atoms. The summed E-state index contributed by atoms with van der Waals surface area (Å²) in [6.45, 7) is 4.05. The molecule has 1 saturated heterocycles. The summed E-state index contributed by atoms with van der Waals surface area (Å²) in [7, 11) is 1.78. The number of likely N-dealkylation sites (tertiary alicyclic amines) is 1. The normalized spacial score (nSPS) is 17.9. The lowest BCUT2D eigenvalue weighted by Gasteiger charge is -2.29. The summed E-state index contributed by atoms with van der Waals surface area (Å²) < 4.78 is 1.75. The number of benzene rings is 1. The highest BCUT2D eigenvalue weighted by atomic mass is 35.5. The van der Waals surface area contributed by atoms with Crippen LogP contribution in [0.4, 0.5) is 0 Å². The smallest absolute Gasteiger partial charge is 0.326 e. The minimum Gasteiger partial charge on any atom is -0.480 e. The Morgan fingerprint density at radius 2 is 1.96 bits per heavy atom. The number of carboxylic acid groups (broad SMARTS) is 1. The van der Waals surface area contributed by atoms with Crippen LogP contribution in [0.3, 0.4) is 0 Å². The third kappa shape index (κ3) is 3.71. The molecule has 28 heavy (non-hydrogen) atoms. The molecule has 7 nitrogen and oxygen atoms in total. The molecule has 1 aromatic heterocycles. The Kier molecular flexibility index (Phi) is 5.65. The van der Waals surface area contributed by atoms with Crippen LogP contribution in [-0.4, -0.2) is 51.0 Å². The Morgan fingerprint density at radius 3 is 2.61 bits per heavy atom. The molecule has 0 saturated carbocycles. The van der Waals surface area contributed by atoms with E-state index in [1.807, 2.05) is 19.9 Å². The van der Waals surface area contributed by atoms with Crippen LogP contribution < -0.4 is 5.32 Å². The Hall–Kier alpha value is -2.54. The van der Waals surface area contributed by atoms with Crippen LogP contribution >= 0.6 is 11.6 Å². The van der Waals surface area contributed by atoms with Gasteiger partial charge in [-0.25, -0.2) is 4.79 Å². The third-order valence-corrected chi connectivity index (χ3v) is 5.51. The lowest BCUT2D eigenvalue weighted by molar-refractivity contribution is -0.149. The highest BCUT2D eigenvalue weighted by Gasteiger charge is 2.38. The number of rotatable bonds is 5. The number of hydrogen-bond donors (Lipinski definition) is 2. The van der Waals surface area contributed by atoms with Gasteiger partial charge in [0.25, 0.3) is 5.91 Å². The predicted octanol–water partition coefficient (Wildman–Crippen LogP) is 2.66. The van der Waals surface area contributed by atoms with Crippen LogP contribution in [0.15, 0.2) is 24.3 Å². The van der Waals surface area contributed by atoms with E-state index in [2.05, 4.69) is 5.32 Å². The van der Waals surface area contributed by atoms with E-state index >= 15 is 0 Å². The molecule has 0 aliphatic carbocycles. The van der Waals surface area contributed by atoms with Gasteiger partial charge in [0.05, 0.1) is 0 Å². The predicted molar refractivity (Wildman–Crippen MR) is 106 cm³/mol. The minimum absolute atomic E-state index is 0.185. The van der Waals surface area contributed by atoms with Gasteiger partial charge in [0.15, 0.2) is 0 Å². The summed E-state index contributed by atoms with van der Waals surface area (Å²) in [6.07, 6.45) is 1.08. The molecule has 150 valence electrons. The van der Waals surface area contributed by atoms with Gasteiger partial charge in [-0.15, -0.1) is 0 Å².